The Labute approximate surface area is 155 Å². The second kappa shape index (κ2) is 8.56. The van der Waals surface area contributed by atoms with Crippen molar-refractivity contribution in [1.29, 1.82) is 0 Å². The first kappa shape index (κ1) is 18.7. The van der Waals surface area contributed by atoms with Crippen LogP contribution in [0, 0.1) is 5.41 Å². The number of ether oxygens (including phenoxy) is 1. The van der Waals surface area contributed by atoms with E-state index in [1.807, 2.05) is 18.2 Å². The summed E-state index contributed by atoms with van der Waals surface area (Å²) in [5.41, 5.74) is 0.0763. The molecular formula is C20H30N2O2S. The Hall–Kier alpha value is -1.04. The quantitative estimate of drug-likeness (QED) is 0.782. The van der Waals surface area contributed by atoms with Crippen molar-refractivity contribution in [3.05, 3.63) is 30.3 Å². The summed E-state index contributed by atoms with van der Waals surface area (Å²) in [6.07, 6.45) is 6.33. The van der Waals surface area contributed by atoms with E-state index in [9.17, 15) is 4.79 Å². The molecule has 0 aromatic heterocycles. The van der Waals surface area contributed by atoms with Gasteiger partial charge in [-0.25, -0.2) is 0 Å². The number of carbonyl (C=O) groups is 1. The van der Waals surface area contributed by atoms with E-state index in [0.717, 1.165) is 58.2 Å². The molecule has 3 rings (SSSR count). The van der Waals surface area contributed by atoms with Crippen LogP contribution in [-0.4, -0.2) is 44.0 Å². The van der Waals surface area contributed by atoms with Gasteiger partial charge >= 0.3 is 0 Å². The minimum Gasteiger partial charge on any atom is -0.384 e. The summed E-state index contributed by atoms with van der Waals surface area (Å²) >= 11 is 1.75. The normalized spacial score (nSPS) is 21.8. The third kappa shape index (κ3) is 4.57. The lowest BCUT2D eigenvalue weighted by Crippen LogP contribution is -2.51. The van der Waals surface area contributed by atoms with Gasteiger partial charge in [0.2, 0.25) is 5.91 Å². The number of amides is 1. The first-order valence-corrected chi connectivity index (χ1v) is 10.2. The molecule has 0 spiro atoms. The summed E-state index contributed by atoms with van der Waals surface area (Å²) in [6, 6.07) is 10.3. The average molecular weight is 363 g/mol. The van der Waals surface area contributed by atoms with Crippen LogP contribution in [0.2, 0.25) is 0 Å². The lowest BCUT2D eigenvalue weighted by molar-refractivity contribution is -0.124. The highest BCUT2D eigenvalue weighted by Gasteiger charge is 2.43. The van der Waals surface area contributed by atoms with Crippen molar-refractivity contribution in [1.82, 2.24) is 10.6 Å². The first-order chi connectivity index (χ1) is 12.2. The third-order valence-corrected chi connectivity index (χ3v) is 7.11. The van der Waals surface area contributed by atoms with E-state index in [4.69, 9.17) is 4.74 Å². The van der Waals surface area contributed by atoms with E-state index in [0.29, 0.717) is 6.61 Å². The second-order valence-electron chi connectivity index (χ2n) is 7.48. The second-order valence-corrected chi connectivity index (χ2v) is 8.94. The Morgan fingerprint density at radius 1 is 1.16 bits per heavy atom. The maximum absolute atomic E-state index is 13.2. The van der Waals surface area contributed by atoms with Gasteiger partial charge in [0.1, 0.15) is 0 Å². The van der Waals surface area contributed by atoms with Crippen molar-refractivity contribution in [3.8, 4) is 0 Å². The number of carbonyl (C=O) groups excluding carboxylic acids is 1. The fourth-order valence-electron chi connectivity index (χ4n) is 4.10. The predicted octanol–water partition coefficient (Wildman–Crippen LogP) is 3.22. The number of rotatable bonds is 7. The summed E-state index contributed by atoms with van der Waals surface area (Å²) in [6.45, 7) is 3.44. The van der Waals surface area contributed by atoms with E-state index < -0.39 is 0 Å². The van der Waals surface area contributed by atoms with Crippen LogP contribution in [0.25, 0.3) is 0 Å². The maximum Gasteiger partial charge on any atom is 0.236 e. The zero-order chi connectivity index (χ0) is 17.6. The molecule has 1 saturated carbocycles. The highest BCUT2D eigenvalue weighted by atomic mass is 32.2. The number of hydrogen-bond acceptors (Lipinski definition) is 4. The lowest BCUT2D eigenvalue weighted by atomic mass is 9.79. The number of piperidine rings is 1. The molecule has 0 bridgehead atoms. The Morgan fingerprint density at radius 2 is 1.84 bits per heavy atom. The standard InChI is InChI=1S/C20H30N2O2S/c1-24-16-19(11-13-21-14-12-19)15-22-18(23)20(9-5-6-10-20)25-17-7-3-2-4-8-17/h2-4,7-8,21H,5-6,9-16H2,1H3,(H,22,23). The van der Waals surface area contributed by atoms with E-state index in [2.05, 4.69) is 22.8 Å². The summed E-state index contributed by atoms with van der Waals surface area (Å²) in [4.78, 5) is 14.4. The Bertz CT molecular complexity index is 547. The van der Waals surface area contributed by atoms with Gasteiger partial charge in [-0.15, -0.1) is 11.8 Å². The van der Waals surface area contributed by atoms with E-state index >= 15 is 0 Å². The molecule has 4 nitrogen and oxygen atoms in total. The number of nitrogens with one attached hydrogen (secondary N) is 2. The molecule has 138 valence electrons. The van der Waals surface area contributed by atoms with Crippen molar-refractivity contribution in [2.45, 2.75) is 48.2 Å². The molecule has 1 heterocycles. The van der Waals surface area contributed by atoms with Crippen molar-refractivity contribution in [3.63, 3.8) is 0 Å². The molecule has 1 aromatic carbocycles. The Kier molecular flexibility index (Phi) is 6.42. The smallest absolute Gasteiger partial charge is 0.236 e. The fourth-order valence-corrected chi connectivity index (χ4v) is 5.50. The van der Waals surface area contributed by atoms with Crippen LogP contribution in [0.1, 0.15) is 38.5 Å². The molecule has 0 radical (unpaired) electrons. The minimum absolute atomic E-state index is 0.0763. The van der Waals surface area contributed by atoms with Gasteiger partial charge in [-0.3, -0.25) is 4.79 Å². The largest absolute Gasteiger partial charge is 0.384 e. The summed E-state index contributed by atoms with van der Waals surface area (Å²) in [7, 11) is 1.76. The molecular weight excluding hydrogens is 332 g/mol. The molecule has 2 aliphatic rings. The number of hydrogen-bond donors (Lipinski definition) is 2. The van der Waals surface area contributed by atoms with E-state index in [1.165, 1.54) is 4.90 Å². The third-order valence-electron chi connectivity index (χ3n) is 5.62. The molecule has 0 atom stereocenters. The van der Waals surface area contributed by atoms with Crippen LogP contribution in [0.15, 0.2) is 35.2 Å². The van der Waals surface area contributed by atoms with Gasteiger partial charge in [-0.05, 0) is 50.9 Å². The van der Waals surface area contributed by atoms with Crippen LogP contribution in [0.3, 0.4) is 0 Å². The topological polar surface area (TPSA) is 50.4 Å². The van der Waals surface area contributed by atoms with Crippen LogP contribution < -0.4 is 10.6 Å². The number of benzene rings is 1. The maximum atomic E-state index is 13.2. The van der Waals surface area contributed by atoms with Gasteiger partial charge in [-0.2, -0.15) is 0 Å². The van der Waals surface area contributed by atoms with Crippen molar-refractivity contribution in [2.75, 3.05) is 33.4 Å². The van der Waals surface area contributed by atoms with Gasteiger partial charge in [0.25, 0.3) is 0 Å². The molecule has 25 heavy (non-hydrogen) atoms. The van der Waals surface area contributed by atoms with Gasteiger partial charge in [0.05, 0.1) is 11.4 Å². The molecule has 1 amide bonds. The molecule has 0 unspecified atom stereocenters. The molecule has 1 saturated heterocycles. The molecule has 2 fully saturated rings. The SMILES string of the molecule is COCC1(CNC(=O)C2(Sc3ccccc3)CCCC2)CCNCC1. The lowest BCUT2D eigenvalue weighted by Gasteiger charge is -2.38. The van der Waals surface area contributed by atoms with Gasteiger partial charge in [0.15, 0.2) is 0 Å². The van der Waals surface area contributed by atoms with Crippen LogP contribution in [0.4, 0.5) is 0 Å². The van der Waals surface area contributed by atoms with Crippen molar-refractivity contribution in [2.24, 2.45) is 5.41 Å². The van der Waals surface area contributed by atoms with Crippen molar-refractivity contribution >= 4 is 17.7 Å². The molecule has 2 N–H and O–H groups in total. The van der Waals surface area contributed by atoms with Crippen LogP contribution >= 0.6 is 11.8 Å². The Morgan fingerprint density at radius 3 is 2.48 bits per heavy atom. The summed E-state index contributed by atoms with van der Waals surface area (Å²) in [5, 5.41) is 6.72. The van der Waals surface area contributed by atoms with Gasteiger partial charge in [-0.1, -0.05) is 31.0 Å². The summed E-state index contributed by atoms with van der Waals surface area (Å²) in [5.74, 6) is 0.216. The van der Waals surface area contributed by atoms with Gasteiger partial charge < -0.3 is 15.4 Å². The first-order valence-electron chi connectivity index (χ1n) is 9.40. The van der Waals surface area contributed by atoms with Crippen LogP contribution in [0.5, 0.6) is 0 Å². The van der Waals surface area contributed by atoms with Gasteiger partial charge in [0, 0.05) is 24.0 Å². The molecule has 1 aliphatic carbocycles. The highest BCUT2D eigenvalue weighted by molar-refractivity contribution is 8.01. The monoisotopic (exact) mass is 362 g/mol. The minimum atomic E-state index is -0.303. The van der Waals surface area contributed by atoms with Crippen LogP contribution in [-0.2, 0) is 9.53 Å². The zero-order valence-electron chi connectivity index (χ0n) is 15.2. The zero-order valence-corrected chi connectivity index (χ0v) is 16.0. The Balaban J connectivity index is 1.66. The van der Waals surface area contributed by atoms with Crippen molar-refractivity contribution < 1.29 is 9.53 Å². The molecule has 1 aromatic rings. The molecule has 1 aliphatic heterocycles. The van der Waals surface area contributed by atoms with E-state index in [-0.39, 0.29) is 16.1 Å². The highest BCUT2D eigenvalue weighted by Crippen LogP contribution is 2.45. The average Bonchev–Trinajstić information content (AvgIpc) is 3.11. The number of thioether (sulfide) groups is 1. The molecule has 5 heteroatoms. The summed E-state index contributed by atoms with van der Waals surface area (Å²) < 4.78 is 5.18. The van der Waals surface area contributed by atoms with E-state index in [1.54, 1.807) is 18.9 Å². The predicted molar refractivity (Wildman–Crippen MR) is 103 cm³/mol. The fraction of sp³-hybridized carbons (Fsp3) is 0.650. The number of methoxy groups -OCH3 is 1.